The molecule has 0 saturated heterocycles. The molecule has 1 fully saturated rings. The van der Waals surface area contributed by atoms with E-state index in [-0.39, 0.29) is 5.82 Å². The Morgan fingerprint density at radius 3 is 2.69 bits per heavy atom. The second-order valence-corrected chi connectivity index (χ2v) is 3.65. The fraction of sp³-hybridized carbons (Fsp3) is 0.417. The van der Waals surface area contributed by atoms with Gasteiger partial charge in [-0.05, 0) is 36.8 Å². The fourth-order valence-corrected chi connectivity index (χ4v) is 2.00. The second kappa shape index (κ2) is 3.91. The largest absolute Gasteiger partial charge is 0.207 e. The van der Waals surface area contributed by atoms with Gasteiger partial charge in [0.1, 0.15) is 5.82 Å². The zero-order valence-corrected chi connectivity index (χ0v) is 7.67. The van der Waals surface area contributed by atoms with Crippen LogP contribution in [-0.4, -0.2) is 0 Å². The molecule has 0 spiro atoms. The Bertz CT molecular complexity index is 274. The molecule has 0 aromatic heterocycles. The van der Waals surface area contributed by atoms with Crippen molar-refractivity contribution < 1.29 is 4.39 Å². The summed E-state index contributed by atoms with van der Waals surface area (Å²) in [5.41, 5.74) is 0.877. The monoisotopic (exact) mass is 177 g/mol. The van der Waals surface area contributed by atoms with Gasteiger partial charge in [-0.1, -0.05) is 31.0 Å². The number of halogens is 1. The SMILES string of the molecule is Fc1ccccc1C1[CH]CCCC1. The molecule has 1 aromatic rings. The highest BCUT2D eigenvalue weighted by atomic mass is 19.1. The maximum atomic E-state index is 13.4. The Balaban J connectivity index is 2.18. The van der Waals surface area contributed by atoms with Crippen molar-refractivity contribution >= 4 is 0 Å². The van der Waals surface area contributed by atoms with Crippen molar-refractivity contribution in [3.05, 3.63) is 42.1 Å². The van der Waals surface area contributed by atoms with Crippen LogP contribution < -0.4 is 0 Å². The van der Waals surface area contributed by atoms with Crippen molar-refractivity contribution in [3.63, 3.8) is 0 Å². The first-order chi connectivity index (χ1) is 6.38. The molecule has 0 aliphatic heterocycles. The predicted octanol–water partition coefficient (Wildman–Crippen LogP) is 3.69. The van der Waals surface area contributed by atoms with Gasteiger partial charge in [-0.15, -0.1) is 0 Å². The molecule has 0 nitrogen and oxygen atoms in total. The Hall–Kier alpha value is -0.850. The minimum atomic E-state index is -0.0503. The van der Waals surface area contributed by atoms with Gasteiger partial charge in [0.05, 0.1) is 0 Å². The second-order valence-electron chi connectivity index (χ2n) is 3.65. The molecule has 1 heteroatoms. The highest BCUT2D eigenvalue weighted by Crippen LogP contribution is 2.32. The number of benzene rings is 1. The summed E-state index contributed by atoms with van der Waals surface area (Å²) in [5.74, 6) is 0.306. The van der Waals surface area contributed by atoms with E-state index in [0.717, 1.165) is 18.4 Å². The first-order valence-electron chi connectivity index (χ1n) is 4.95. The van der Waals surface area contributed by atoms with Crippen LogP contribution in [0.4, 0.5) is 4.39 Å². The zero-order valence-electron chi connectivity index (χ0n) is 7.67. The summed E-state index contributed by atoms with van der Waals surface area (Å²) in [6.45, 7) is 0. The van der Waals surface area contributed by atoms with Crippen LogP contribution in [0.1, 0.15) is 37.2 Å². The molecule has 69 valence electrons. The van der Waals surface area contributed by atoms with Crippen molar-refractivity contribution in [2.24, 2.45) is 0 Å². The average molecular weight is 177 g/mol. The molecular formula is C12H14F. The van der Waals surface area contributed by atoms with Crippen LogP contribution in [0.2, 0.25) is 0 Å². The maximum absolute atomic E-state index is 13.4. The summed E-state index contributed by atoms with van der Waals surface area (Å²) in [6.07, 6.45) is 7.00. The molecule has 0 amide bonds. The lowest BCUT2D eigenvalue weighted by atomic mass is 9.84. The quantitative estimate of drug-likeness (QED) is 0.613. The third kappa shape index (κ3) is 1.90. The Labute approximate surface area is 78.8 Å². The summed E-state index contributed by atoms with van der Waals surface area (Å²) >= 11 is 0. The molecule has 1 unspecified atom stereocenters. The molecule has 1 aromatic carbocycles. The van der Waals surface area contributed by atoms with E-state index in [2.05, 4.69) is 6.42 Å². The summed E-state index contributed by atoms with van der Waals surface area (Å²) in [5, 5.41) is 0. The van der Waals surface area contributed by atoms with Gasteiger partial charge in [0, 0.05) is 0 Å². The van der Waals surface area contributed by atoms with Gasteiger partial charge in [-0.2, -0.15) is 0 Å². The summed E-state index contributed by atoms with van der Waals surface area (Å²) in [7, 11) is 0. The van der Waals surface area contributed by atoms with Crippen molar-refractivity contribution in [1.82, 2.24) is 0 Å². The van der Waals surface area contributed by atoms with E-state index in [1.165, 1.54) is 12.8 Å². The standard InChI is InChI=1S/C12H14F/c13-12-9-5-4-8-11(12)10-6-2-1-3-7-10/h4-6,8-10H,1-3,7H2. The summed E-state index contributed by atoms with van der Waals surface area (Å²) in [4.78, 5) is 0. The van der Waals surface area contributed by atoms with Crippen LogP contribution in [0.15, 0.2) is 24.3 Å². The fourth-order valence-electron chi connectivity index (χ4n) is 2.00. The number of rotatable bonds is 1. The molecule has 13 heavy (non-hydrogen) atoms. The average Bonchev–Trinajstić information content (AvgIpc) is 2.20. The van der Waals surface area contributed by atoms with E-state index in [0.29, 0.717) is 5.92 Å². The molecule has 1 atom stereocenters. The molecule has 1 radical (unpaired) electrons. The lowest BCUT2D eigenvalue weighted by molar-refractivity contribution is 0.508. The minimum absolute atomic E-state index is 0.0503. The lowest BCUT2D eigenvalue weighted by Crippen LogP contribution is -2.06. The van der Waals surface area contributed by atoms with Gasteiger partial charge in [-0.25, -0.2) is 4.39 Å². The van der Waals surface area contributed by atoms with E-state index in [4.69, 9.17) is 0 Å². The predicted molar refractivity (Wildman–Crippen MR) is 51.9 cm³/mol. The van der Waals surface area contributed by atoms with Crippen molar-refractivity contribution in [1.29, 1.82) is 0 Å². The van der Waals surface area contributed by atoms with Crippen molar-refractivity contribution in [2.45, 2.75) is 31.6 Å². The van der Waals surface area contributed by atoms with Crippen LogP contribution in [-0.2, 0) is 0 Å². The van der Waals surface area contributed by atoms with Crippen molar-refractivity contribution in [3.8, 4) is 0 Å². The topological polar surface area (TPSA) is 0 Å². The summed E-state index contributed by atoms with van der Waals surface area (Å²) in [6, 6.07) is 7.13. The Kier molecular flexibility index (Phi) is 2.62. The zero-order chi connectivity index (χ0) is 9.10. The van der Waals surface area contributed by atoms with E-state index < -0.39 is 0 Å². The Morgan fingerprint density at radius 2 is 2.00 bits per heavy atom. The highest BCUT2D eigenvalue weighted by Gasteiger charge is 2.17. The molecule has 0 bridgehead atoms. The van der Waals surface area contributed by atoms with Gasteiger partial charge in [0.2, 0.25) is 0 Å². The number of hydrogen-bond acceptors (Lipinski definition) is 0. The third-order valence-corrected chi connectivity index (χ3v) is 2.73. The summed E-state index contributed by atoms with van der Waals surface area (Å²) < 4.78 is 13.4. The smallest absolute Gasteiger partial charge is 0.126 e. The van der Waals surface area contributed by atoms with Gasteiger partial charge < -0.3 is 0 Å². The normalized spacial score (nSPS) is 18.8. The third-order valence-electron chi connectivity index (χ3n) is 2.73. The molecule has 1 saturated carbocycles. The maximum Gasteiger partial charge on any atom is 0.126 e. The van der Waals surface area contributed by atoms with Crippen LogP contribution in [0, 0.1) is 12.2 Å². The molecular weight excluding hydrogens is 163 g/mol. The Morgan fingerprint density at radius 1 is 1.15 bits per heavy atom. The van der Waals surface area contributed by atoms with Gasteiger partial charge >= 0.3 is 0 Å². The molecule has 1 aliphatic carbocycles. The van der Waals surface area contributed by atoms with Crippen LogP contribution in [0.3, 0.4) is 0 Å². The first kappa shape index (κ1) is 8.74. The molecule has 0 N–H and O–H groups in total. The van der Waals surface area contributed by atoms with E-state index >= 15 is 0 Å². The molecule has 2 rings (SSSR count). The van der Waals surface area contributed by atoms with Crippen LogP contribution in [0.5, 0.6) is 0 Å². The highest BCUT2D eigenvalue weighted by molar-refractivity contribution is 5.24. The van der Waals surface area contributed by atoms with E-state index in [1.54, 1.807) is 12.1 Å². The molecule has 0 heterocycles. The number of hydrogen-bond donors (Lipinski definition) is 0. The van der Waals surface area contributed by atoms with Gasteiger partial charge in [0.15, 0.2) is 0 Å². The van der Waals surface area contributed by atoms with E-state index in [9.17, 15) is 4.39 Å². The van der Waals surface area contributed by atoms with Crippen LogP contribution in [0.25, 0.3) is 0 Å². The van der Waals surface area contributed by atoms with Gasteiger partial charge in [-0.3, -0.25) is 0 Å². The van der Waals surface area contributed by atoms with Crippen molar-refractivity contribution in [2.75, 3.05) is 0 Å². The van der Waals surface area contributed by atoms with E-state index in [1.807, 2.05) is 12.1 Å². The molecule has 1 aliphatic rings. The van der Waals surface area contributed by atoms with Gasteiger partial charge in [0.25, 0.3) is 0 Å². The van der Waals surface area contributed by atoms with Crippen LogP contribution >= 0.6 is 0 Å². The first-order valence-corrected chi connectivity index (χ1v) is 4.95. The minimum Gasteiger partial charge on any atom is -0.207 e. The lowest BCUT2D eigenvalue weighted by Gasteiger charge is -2.21.